The fourth-order valence-electron chi connectivity index (χ4n) is 4.83. The molecule has 11 heteroatoms. The summed E-state index contributed by atoms with van der Waals surface area (Å²) in [6, 6.07) is 11.2. The van der Waals surface area contributed by atoms with Gasteiger partial charge in [0.2, 0.25) is 0 Å². The van der Waals surface area contributed by atoms with Crippen LogP contribution < -0.4 is 5.73 Å². The predicted molar refractivity (Wildman–Crippen MR) is 133 cm³/mol. The molecule has 2 fully saturated rings. The summed E-state index contributed by atoms with van der Waals surface area (Å²) < 4.78 is 43.8. The van der Waals surface area contributed by atoms with E-state index in [0.29, 0.717) is 36.0 Å². The van der Waals surface area contributed by atoms with Crippen molar-refractivity contribution in [2.75, 3.05) is 13.1 Å². The van der Waals surface area contributed by atoms with Gasteiger partial charge in [0.25, 0.3) is 0 Å². The normalized spacial score (nSPS) is 19.5. The van der Waals surface area contributed by atoms with E-state index in [1.807, 2.05) is 12.1 Å². The van der Waals surface area contributed by atoms with E-state index in [9.17, 15) is 13.2 Å². The van der Waals surface area contributed by atoms with Crippen LogP contribution in [0.25, 0.3) is 28.1 Å². The van der Waals surface area contributed by atoms with Crippen LogP contribution in [0.4, 0.5) is 13.2 Å². The molecule has 0 radical (unpaired) electrons. The fraction of sp³-hybridized carbons (Fsp3) is 0.375. The van der Waals surface area contributed by atoms with Gasteiger partial charge >= 0.3 is 6.18 Å². The SMILES string of the molecule is Cl.Cl.N[C@@H]1CCN([C@H](c2ccc3nnc(-c4ccc5ccc(C6CC6)cc5n4)n3c2)C(F)(F)F)C1. The van der Waals surface area contributed by atoms with Crippen LogP contribution in [0.5, 0.6) is 0 Å². The van der Waals surface area contributed by atoms with E-state index in [2.05, 4.69) is 28.4 Å². The van der Waals surface area contributed by atoms with Crippen molar-refractivity contribution in [3.63, 3.8) is 0 Å². The fourth-order valence-corrected chi connectivity index (χ4v) is 4.83. The number of fused-ring (bicyclic) bond motifs is 2. The number of nitrogens with two attached hydrogens (primary N) is 1. The van der Waals surface area contributed by atoms with Crippen molar-refractivity contribution in [2.24, 2.45) is 5.73 Å². The number of nitrogens with zero attached hydrogens (tertiary/aromatic N) is 5. The second kappa shape index (κ2) is 9.54. The Balaban J connectivity index is 0.00000144. The third kappa shape index (κ3) is 4.82. The minimum atomic E-state index is -4.42. The van der Waals surface area contributed by atoms with Crippen molar-refractivity contribution >= 4 is 41.4 Å². The zero-order chi connectivity index (χ0) is 22.7. The Morgan fingerprint density at radius 2 is 1.74 bits per heavy atom. The molecule has 1 saturated carbocycles. The number of halogens is 5. The Labute approximate surface area is 212 Å². The lowest BCUT2D eigenvalue weighted by molar-refractivity contribution is -0.183. The number of hydrogen-bond donors (Lipinski definition) is 1. The summed E-state index contributed by atoms with van der Waals surface area (Å²) >= 11 is 0. The maximum atomic E-state index is 14.1. The van der Waals surface area contributed by atoms with Gasteiger partial charge in [0.15, 0.2) is 11.5 Å². The van der Waals surface area contributed by atoms with Crippen molar-refractivity contribution in [3.05, 3.63) is 59.8 Å². The van der Waals surface area contributed by atoms with Gasteiger partial charge < -0.3 is 5.73 Å². The molecule has 6 rings (SSSR count). The monoisotopic (exact) mass is 524 g/mol. The molecular formula is C24H25Cl2F3N6. The van der Waals surface area contributed by atoms with Gasteiger partial charge in [-0.3, -0.25) is 9.30 Å². The summed E-state index contributed by atoms with van der Waals surface area (Å²) in [5.41, 5.74) is 9.21. The molecule has 1 saturated heterocycles. The Kier molecular flexibility index (Phi) is 6.98. The molecule has 35 heavy (non-hydrogen) atoms. The average Bonchev–Trinajstić information content (AvgIpc) is 3.42. The van der Waals surface area contributed by atoms with E-state index in [1.54, 1.807) is 10.5 Å². The molecule has 1 aliphatic carbocycles. The molecule has 1 aromatic carbocycles. The first-order valence-corrected chi connectivity index (χ1v) is 11.2. The molecule has 0 amide bonds. The number of likely N-dealkylation sites (tertiary alicyclic amines) is 1. The van der Waals surface area contributed by atoms with E-state index in [4.69, 9.17) is 10.7 Å². The lowest BCUT2D eigenvalue weighted by Gasteiger charge is -2.30. The van der Waals surface area contributed by atoms with Crippen molar-refractivity contribution in [2.45, 2.75) is 43.4 Å². The van der Waals surface area contributed by atoms with Gasteiger partial charge in [0.05, 0.1) is 5.52 Å². The minimum absolute atomic E-state index is 0. The summed E-state index contributed by atoms with van der Waals surface area (Å²) in [7, 11) is 0. The summed E-state index contributed by atoms with van der Waals surface area (Å²) in [6.07, 6.45) is 0.0121. The molecule has 3 aromatic heterocycles. The van der Waals surface area contributed by atoms with E-state index in [1.165, 1.54) is 35.6 Å². The molecule has 0 spiro atoms. The maximum Gasteiger partial charge on any atom is 0.408 e. The van der Waals surface area contributed by atoms with Gasteiger partial charge in [-0.25, -0.2) is 4.98 Å². The number of pyridine rings is 2. The number of benzene rings is 1. The van der Waals surface area contributed by atoms with Gasteiger partial charge in [-0.15, -0.1) is 35.0 Å². The van der Waals surface area contributed by atoms with Crippen molar-refractivity contribution < 1.29 is 13.2 Å². The number of aromatic nitrogens is 4. The van der Waals surface area contributed by atoms with Gasteiger partial charge in [-0.1, -0.05) is 24.3 Å². The number of rotatable bonds is 4. The molecule has 0 bridgehead atoms. The van der Waals surface area contributed by atoms with Crippen molar-refractivity contribution in [3.8, 4) is 11.5 Å². The molecule has 6 nitrogen and oxygen atoms in total. The first-order valence-electron chi connectivity index (χ1n) is 11.2. The zero-order valence-electron chi connectivity index (χ0n) is 18.7. The molecule has 2 N–H and O–H groups in total. The van der Waals surface area contributed by atoms with Crippen LogP contribution in [0.1, 0.15) is 42.3 Å². The second-order valence-electron chi connectivity index (χ2n) is 9.12. The van der Waals surface area contributed by atoms with Crippen LogP contribution in [0.3, 0.4) is 0 Å². The Morgan fingerprint density at radius 3 is 2.43 bits per heavy atom. The summed E-state index contributed by atoms with van der Waals surface area (Å²) in [6.45, 7) is 0.529. The molecule has 4 heterocycles. The number of alkyl halides is 3. The lowest BCUT2D eigenvalue weighted by Crippen LogP contribution is -2.38. The zero-order valence-corrected chi connectivity index (χ0v) is 20.3. The Hall–Kier alpha value is -2.46. The van der Waals surface area contributed by atoms with Gasteiger partial charge in [0, 0.05) is 30.7 Å². The second-order valence-corrected chi connectivity index (χ2v) is 9.12. The van der Waals surface area contributed by atoms with Crippen LogP contribution in [-0.2, 0) is 0 Å². The largest absolute Gasteiger partial charge is 0.408 e. The van der Waals surface area contributed by atoms with E-state index >= 15 is 0 Å². The van der Waals surface area contributed by atoms with Gasteiger partial charge in [-0.2, -0.15) is 13.2 Å². The first-order chi connectivity index (χ1) is 15.9. The van der Waals surface area contributed by atoms with Crippen LogP contribution in [0.15, 0.2) is 48.7 Å². The highest BCUT2D eigenvalue weighted by Crippen LogP contribution is 2.41. The predicted octanol–water partition coefficient (Wildman–Crippen LogP) is 5.30. The van der Waals surface area contributed by atoms with Crippen molar-refractivity contribution in [1.82, 2.24) is 24.5 Å². The third-order valence-corrected chi connectivity index (χ3v) is 6.67. The molecule has 2 atom stereocenters. The third-order valence-electron chi connectivity index (χ3n) is 6.67. The maximum absolute atomic E-state index is 14.1. The van der Waals surface area contributed by atoms with Crippen LogP contribution in [0.2, 0.25) is 0 Å². The van der Waals surface area contributed by atoms with Crippen LogP contribution in [0, 0.1) is 0 Å². The van der Waals surface area contributed by atoms with Crippen LogP contribution in [-0.4, -0.2) is 49.8 Å². The van der Waals surface area contributed by atoms with E-state index < -0.39 is 12.2 Å². The van der Waals surface area contributed by atoms with E-state index in [0.717, 1.165) is 10.9 Å². The molecule has 1 aliphatic heterocycles. The van der Waals surface area contributed by atoms with Gasteiger partial charge in [0.1, 0.15) is 11.7 Å². The quantitative estimate of drug-likeness (QED) is 0.392. The van der Waals surface area contributed by atoms with Gasteiger partial charge in [-0.05, 0) is 54.5 Å². The van der Waals surface area contributed by atoms with Crippen LogP contribution >= 0.6 is 24.8 Å². The molecule has 186 valence electrons. The summed E-state index contributed by atoms with van der Waals surface area (Å²) in [4.78, 5) is 6.18. The van der Waals surface area contributed by atoms with Crippen molar-refractivity contribution in [1.29, 1.82) is 0 Å². The first kappa shape index (κ1) is 25.6. The summed E-state index contributed by atoms with van der Waals surface area (Å²) in [5, 5.41) is 9.43. The smallest absolute Gasteiger partial charge is 0.326 e. The lowest BCUT2D eigenvalue weighted by atomic mass is 10.1. The molecule has 4 aromatic rings. The highest BCUT2D eigenvalue weighted by molar-refractivity contribution is 5.85. The Bertz CT molecular complexity index is 1350. The number of hydrogen-bond acceptors (Lipinski definition) is 5. The highest BCUT2D eigenvalue weighted by atomic mass is 35.5. The summed E-state index contributed by atoms with van der Waals surface area (Å²) in [5.74, 6) is 1.03. The van der Waals surface area contributed by atoms with E-state index in [-0.39, 0.29) is 43.0 Å². The minimum Gasteiger partial charge on any atom is -0.326 e. The average molecular weight is 525 g/mol. The molecule has 2 aliphatic rings. The topological polar surface area (TPSA) is 72.3 Å². The Morgan fingerprint density at radius 1 is 0.971 bits per heavy atom. The standard InChI is InChI=1S/C24H23F3N6.2ClH/c25-24(26,27)22(32-10-9-18(28)13-32)17-6-8-21-30-31-23(33(21)12-17)19-7-5-15-3-4-16(14-1-2-14)11-20(15)29-19;;/h3-8,11-12,14,18,22H,1-2,9-10,13,28H2;2*1H/t18-,22-;;/m1../s1. The molecular weight excluding hydrogens is 500 g/mol. The molecule has 0 unspecified atom stereocenters. The highest BCUT2D eigenvalue weighted by Gasteiger charge is 2.46.